The van der Waals surface area contributed by atoms with Gasteiger partial charge >= 0.3 is 0 Å². The summed E-state index contributed by atoms with van der Waals surface area (Å²) in [5.41, 5.74) is 10.4. The number of benzene rings is 1. The highest BCUT2D eigenvalue weighted by Crippen LogP contribution is 2.26. The fourth-order valence-electron chi connectivity index (χ4n) is 2.86. The molecule has 1 saturated carbocycles. The second kappa shape index (κ2) is 9.95. The lowest BCUT2D eigenvalue weighted by Crippen LogP contribution is -2.37. The molecule has 0 bridgehead atoms. The van der Waals surface area contributed by atoms with Crippen LogP contribution in [-0.2, 0) is 11.3 Å². The van der Waals surface area contributed by atoms with E-state index in [0.717, 1.165) is 0 Å². The van der Waals surface area contributed by atoms with E-state index in [1.54, 1.807) is 0 Å². The Labute approximate surface area is 162 Å². The Morgan fingerprint density at radius 1 is 1.30 bits per heavy atom. The van der Waals surface area contributed by atoms with E-state index in [1.165, 1.54) is 42.2 Å². The van der Waals surface area contributed by atoms with Crippen molar-refractivity contribution >= 4 is 11.6 Å². The molecule has 1 aliphatic carbocycles. The highest BCUT2D eigenvalue weighted by atomic mass is 16.2. The monoisotopic (exact) mass is 368 g/mol. The molecule has 1 aromatic carbocycles. The van der Waals surface area contributed by atoms with Crippen molar-refractivity contribution in [2.45, 2.75) is 53.5 Å². The third kappa shape index (κ3) is 5.98. The van der Waals surface area contributed by atoms with E-state index in [-0.39, 0.29) is 5.91 Å². The first kappa shape index (κ1) is 20.7. The smallest absolute Gasteiger partial charge is 0.275 e. The van der Waals surface area contributed by atoms with Crippen molar-refractivity contribution < 1.29 is 4.79 Å². The number of carbonyl (C=O) groups is 1. The van der Waals surface area contributed by atoms with E-state index < -0.39 is 0 Å². The molecular weight excluding hydrogens is 336 g/mol. The third-order valence-electron chi connectivity index (χ3n) is 5.16. The standard InChI is InChI=1S/C22H32N4O/c1-5-20(24-14-19-10-9-15(2)16(3)11-19)26-22(27)21(17(4)12-23)25-13-18-7-6-8-18/h5,9-12,18,24H,6-8,13-14,23H2,1-4H3,(H,26,27)/b17-12?,20-5+,25-21?. The van der Waals surface area contributed by atoms with Gasteiger partial charge in [-0.1, -0.05) is 24.6 Å². The second-order valence-corrected chi connectivity index (χ2v) is 7.26. The normalized spacial score (nSPS) is 16.1. The highest BCUT2D eigenvalue weighted by Gasteiger charge is 2.19. The van der Waals surface area contributed by atoms with E-state index in [4.69, 9.17) is 5.73 Å². The average Bonchev–Trinajstić information content (AvgIpc) is 2.62. The molecule has 4 N–H and O–H groups in total. The summed E-state index contributed by atoms with van der Waals surface area (Å²) in [5, 5.41) is 6.21. The Morgan fingerprint density at radius 3 is 2.59 bits per heavy atom. The van der Waals surface area contributed by atoms with Crippen LogP contribution in [-0.4, -0.2) is 18.2 Å². The summed E-state index contributed by atoms with van der Waals surface area (Å²) in [4.78, 5) is 17.3. The van der Waals surface area contributed by atoms with Gasteiger partial charge in [0.25, 0.3) is 5.91 Å². The maximum atomic E-state index is 12.7. The van der Waals surface area contributed by atoms with Gasteiger partial charge < -0.3 is 16.4 Å². The van der Waals surface area contributed by atoms with Crippen molar-refractivity contribution in [3.8, 4) is 0 Å². The van der Waals surface area contributed by atoms with Gasteiger partial charge in [-0.2, -0.15) is 0 Å². The molecule has 0 unspecified atom stereocenters. The predicted molar refractivity (Wildman–Crippen MR) is 112 cm³/mol. The van der Waals surface area contributed by atoms with Crippen molar-refractivity contribution in [3.05, 3.63) is 58.6 Å². The Hall–Kier alpha value is -2.56. The van der Waals surface area contributed by atoms with Crippen LogP contribution >= 0.6 is 0 Å². The van der Waals surface area contributed by atoms with Crippen LogP contribution in [0.3, 0.4) is 0 Å². The lowest BCUT2D eigenvalue weighted by Gasteiger charge is -2.23. The summed E-state index contributed by atoms with van der Waals surface area (Å²) in [7, 11) is 0. The molecule has 27 heavy (non-hydrogen) atoms. The molecule has 0 saturated heterocycles. The number of allylic oxidation sites excluding steroid dienone is 1. The largest absolute Gasteiger partial charge is 0.404 e. The zero-order valence-corrected chi connectivity index (χ0v) is 16.9. The number of rotatable bonds is 8. The fourth-order valence-corrected chi connectivity index (χ4v) is 2.86. The molecule has 1 aliphatic rings. The van der Waals surface area contributed by atoms with Crippen LogP contribution in [0.2, 0.25) is 0 Å². The lowest BCUT2D eigenvalue weighted by atomic mass is 9.85. The van der Waals surface area contributed by atoms with Crippen LogP contribution < -0.4 is 16.4 Å². The number of nitrogens with zero attached hydrogens (tertiary/aromatic N) is 1. The maximum absolute atomic E-state index is 12.7. The summed E-state index contributed by atoms with van der Waals surface area (Å²) in [6.45, 7) is 9.24. The number of aliphatic imine (C=N–C) groups is 1. The summed E-state index contributed by atoms with van der Waals surface area (Å²) in [5.74, 6) is 1.04. The number of hydrogen-bond acceptors (Lipinski definition) is 4. The van der Waals surface area contributed by atoms with Gasteiger partial charge in [0.2, 0.25) is 0 Å². The summed E-state index contributed by atoms with van der Waals surface area (Å²) in [6, 6.07) is 6.36. The number of amides is 1. The van der Waals surface area contributed by atoms with Crippen molar-refractivity contribution in [1.29, 1.82) is 0 Å². The zero-order chi connectivity index (χ0) is 19.8. The SMILES string of the molecule is C/C=C(\NCc1ccc(C)c(C)c1)NC(=O)C(=NCC1CCC1)C(C)=CN. The van der Waals surface area contributed by atoms with Gasteiger partial charge in [0.1, 0.15) is 11.5 Å². The Balaban J connectivity index is 1.99. The molecule has 1 fully saturated rings. The van der Waals surface area contributed by atoms with E-state index in [0.29, 0.717) is 36.1 Å². The summed E-state index contributed by atoms with van der Waals surface area (Å²) < 4.78 is 0. The van der Waals surface area contributed by atoms with Gasteiger partial charge in [0, 0.05) is 13.1 Å². The van der Waals surface area contributed by atoms with Gasteiger partial charge in [-0.15, -0.1) is 0 Å². The molecule has 5 heteroatoms. The van der Waals surface area contributed by atoms with Crippen molar-refractivity contribution in [3.63, 3.8) is 0 Å². The van der Waals surface area contributed by atoms with Gasteiger partial charge in [-0.25, -0.2) is 0 Å². The highest BCUT2D eigenvalue weighted by molar-refractivity contribution is 6.45. The minimum Gasteiger partial charge on any atom is -0.404 e. The number of nitrogens with one attached hydrogen (secondary N) is 2. The van der Waals surface area contributed by atoms with Gasteiger partial charge in [-0.05, 0) is 81.0 Å². The molecule has 0 heterocycles. The zero-order valence-electron chi connectivity index (χ0n) is 16.9. The third-order valence-corrected chi connectivity index (χ3v) is 5.16. The minimum absolute atomic E-state index is 0.228. The minimum atomic E-state index is -0.228. The van der Waals surface area contributed by atoms with Crippen molar-refractivity contribution in [1.82, 2.24) is 10.6 Å². The molecule has 5 nitrogen and oxygen atoms in total. The van der Waals surface area contributed by atoms with E-state index in [2.05, 4.69) is 47.7 Å². The predicted octanol–water partition coefficient (Wildman–Crippen LogP) is 3.47. The average molecular weight is 369 g/mol. The topological polar surface area (TPSA) is 79.5 Å². The molecule has 2 rings (SSSR count). The van der Waals surface area contributed by atoms with Gasteiger partial charge in [0.15, 0.2) is 0 Å². The van der Waals surface area contributed by atoms with Crippen molar-refractivity contribution in [2.24, 2.45) is 16.6 Å². The molecule has 0 spiro atoms. The molecule has 0 radical (unpaired) electrons. The first-order valence-corrected chi connectivity index (χ1v) is 9.65. The van der Waals surface area contributed by atoms with Crippen LogP contribution in [0.25, 0.3) is 0 Å². The van der Waals surface area contributed by atoms with Gasteiger partial charge in [0.05, 0.1) is 0 Å². The van der Waals surface area contributed by atoms with E-state index in [9.17, 15) is 4.79 Å². The van der Waals surface area contributed by atoms with Crippen molar-refractivity contribution in [2.75, 3.05) is 6.54 Å². The Kier molecular flexibility index (Phi) is 7.65. The number of aryl methyl sites for hydroxylation is 2. The van der Waals surface area contributed by atoms with Crippen LogP contribution in [0.15, 0.2) is 46.9 Å². The van der Waals surface area contributed by atoms with E-state index >= 15 is 0 Å². The fraction of sp³-hybridized carbons (Fsp3) is 0.455. The number of nitrogens with two attached hydrogens (primary N) is 1. The van der Waals surface area contributed by atoms with Gasteiger partial charge in [-0.3, -0.25) is 9.79 Å². The van der Waals surface area contributed by atoms with Crippen LogP contribution in [0, 0.1) is 19.8 Å². The number of carbonyl (C=O) groups excluding carboxylic acids is 1. The Bertz CT molecular complexity index is 758. The lowest BCUT2D eigenvalue weighted by molar-refractivity contribution is -0.114. The molecule has 0 aromatic heterocycles. The van der Waals surface area contributed by atoms with Crippen LogP contribution in [0.1, 0.15) is 49.8 Å². The second-order valence-electron chi connectivity index (χ2n) is 7.26. The molecule has 0 aliphatic heterocycles. The Morgan fingerprint density at radius 2 is 2.04 bits per heavy atom. The van der Waals surface area contributed by atoms with Crippen LogP contribution in [0.4, 0.5) is 0 Å². The summed E-state index contributed by atoms with van der Waals surface area (Å²) >= 11 is 0. The maximum Gasteiger partial charge on any atom is 0.275 e. The molecule has 146 valence electrons. The molecule has 0 atom stereocenters. The van der Waals surface area contributed by atoms with Crippen LogP contribution in [0.5, 0.6) is 0 Å². The molecule has 1 amide bonds. The number of hydrogen-bond donors (Lipinski definition) is 3. The quantitative estimate of drug-likeness (QED) is 0.615. The summed E-state index contributed by atoms with van der Waals surface area (Å²) in [6.07, 6.45) is 6.95. The first-order chi connectivity index (χ1) is 12.9. The first-order valence-electron chi connectivity index (χ1n) is 9.65. The molecular formula is C22H32N4O. The van der Waals surface area contributed by atoms with E-state index in [1.807, 2.05) is 19.9 Å². The molecule has 1 aromatic rings.